The molecule has 0 aliphatic heterocycles. The van der Waals surface area contributed by atoms with Crippen LogP contribution in [0.15, 0.2) is 46.2 Å². The van der Waals surface area contributed by atoms with Crippen LogP contribution in [-0.2, 0) is 0 Å². The van der Waals surface area contributed by atoms with Crippen molar-refractivity contribution in [3.8, 4) is 0 Å². The van der Waals surface area contributed by atoms with Gasteiger partial charge in [0, 0.05) is 14.8 Å². The molecule has 3 aromatic heterocycles. The van der Waals surface area contributed by atoms with Crippen molar-refractivity contribution in [1.29, 1.82) is 0 Å². The van der Waals surface area contributed by atoms with Gasteiger partial charge >= 0.3 is 0 Å². The largest absolute Gasteiger partial charge is 0.452 e. The Bertz CT molecular complexity index is 911. The smallest absolute Gasteiger partial charge is 0.238 e. The molecule has 3 heterocycles. The molecule has 4 heteroatoms. The van der Waals surface area contributed by atoms with E-state index in [2.05, 4.69) is 0 Å². The summed E-state index contributed by atoms with van der Waals surface area (Å²) >= 11 is 3.18. The maximum atomic E-state index is 12.5. The molecule has 0 fully saturated rings. The molecule has 0 saturated heterocycles. The third-order valence-electron chi connectivity index (χ3n) is 3.33. The minimum absolute atomic E-state index is 0.0333. The maximum Gasteiger partial charge on any atom is 0.238 e. The van der Waals surface area contributed by atoms with Crippen LogP contribution in [0.1, 0.15) is 21.0 Å². The predicted octanol–water partition coefficient (Wildman–Crippen LogP) is 5.25. The average molecular weight is 298 g/mol. The summed E-state index contributed by atoms with van der Waals surface area (Å²) in [5, 5.41) is 3.02. The highest BCUT2D eigenvalue weighted by molar-refractivity contribution is 7.28. The van der Waals surface area contributed by atoms with E-state index in [0.717, 1.165) is 30.8 Å². The highest BCUT2D eigenvalue weighted by Crippen LogP contribution is 2.32. The van der Waals surface area contributed by atoms with Crippen molar-refractivity contribution in [1.82, 2.24) is 0 Å². The summed E-state index contributed by atoms with van der Waals surface area (Å²) in [4.78, 5) is 13.3. The van der Waals surface area contributed by atoms with Crippen molar-refractivity contribution in [2.75, 3.05) is 0 Å². The number of rotatable bonds is 2. The zero-order valence-corrected chi connectivity index (χ0v) is 12.3. The first-order chi connectivity index (χ1) is 9.72. The summed E-state index contributed by atoms with van der Waals surface area (Å²) in [6.45, 7) is 1.99. The van der Waals surface area contributed by atoms with E-state index in [1.54, 1.807) is 11.3 Å². The maximum absolute atomic E-state index is 12.5. The van der Waals surface area contributed by atoms with E-state index >= 15 is 0 Å². The third-order valence-corrected chi connectivity index (χ3v) is 5.42. The minimum Gasteiger partial charge on any atom is -0.452 e. The van der Waals surface area contributed by atoms with Crippen LogP contribution in [0, 0.1) is 6.92 Å². The van der Waals surface area contributed by atoms with Crippen LogP contribution in [-0.4, -0.2) is 5.78 Å². The zero-order valence-electron chi connectivity index (χ0n) is 10.7. The van der Waals surface area contributed by atoms with Gasteiger partial charge in [0.05, 0.1) is 4.88 Å². The number of benzene rings is 1. The van der Waals surface area contributed by atoms with Crippen molar-refractivity contribution < 1.29 is 9.21 Å². The Morgan fingerprint density at radius 3 is 2.85 bits per heavy atom. The molecule has 0 amide bonds. The van der Waals surface area contributed by atoms with Crippen molar-refractivity contribution in [3.63, 3.8) is 0 Å². The molecule has 98 valence electrons. The fraction of sp³-hybridized carbons (Fsp3) is 0.0625. The summed E-state index contributed by atoms with van der Waals surface area (Å²) in [6.07, 6.45) is 0. The molecule has 2 nitrogen and oxygen atoms in total. The van der Waals surface area contributed by atoms with Gasteiger partial charge in [0.25, 0.3) is 0 Å². The minimum atomic E-state index is -0.0333. The number of para-hydroxylation sites is 1. The molecule has 0 atom stereocenters. The molecule has 0 saturated carbocycles. The van der Waals surface area contributed by atoms with E-state index in [4.69, 9.17) is 4.42 Å². The Balaban J connectivity index is 1.83. The number of carbonyl (C=O) groups is 1. The number of hydrogen-bond donors (Lipinski definition) is 0. The molecule has 0 unspecified atom stereocenters. The SMILES string of the molecule is Cc1cccc2cc(C(=O)c3cc4sccc4s3)oc12. The molecule has 0 aliphatic carbocycles. The van der Waals surface area contributed by atoms with Crippen LogP contribution in [0.25, 0.3) is 20.4 Å². The van der Waals surface area contributed by atoms with Crippen molar-refractivity contribution in [2.24, 2.45) is 0 Å². The lowest BCUT2D eigenvalue weighted by molar-refractivity contribution is 0.101. The molecule has 4 aromatic rings. The van der Waals surface area contributed by atoms with E-state index in [9.17, 15) is 4.79 Å². The molecule has 0 N–H and O–H groups in total. The van der Waals surface area contributed by atoms with Gasteiger partial charge in [-0.15, -0.1) is 22.7 Å². The van der Waals surface area contributed by atoms with E-state index < -0.39 is 0 Å². The molecular weight excluding hydrogens is 288 g/mol. The predicted molar refractivity (Wildman–Crippen MR) is 84.1 cm³/mol. The summed E-state index contributed by atoms with van der Waals surface area (Å²) in [7, 11) is 0. The average Bonchev–Trinajstić information content (AvgIpc) is 3.11. The second kappa shape index (κ2) is 4.30. The number of carbonyl (C=O) groups excluding carboxylic acids is 1. The standard InChI is InChI=1S/C16H10O2S2/c1-9-3-2-4-10-7-11(18-16(9)10)15(17)14-8-13-12(20-14)5-6-19-13/h2-8H,1H3. The monoisotopic (exact) mass is 298 g/mol. The summed E-state index contributed by atoms with van der Waals surface area (Å²) in [5.41, 5.74) is 1.85. The van der Waals surface area contributed by atoms with Gasteiger partial charge < -0.3 is 4.42 Å². The molecule has 4 rings (SSSR count). The van der Waals surface area contributed by atoms with Gasteiger partial charge in [0.2, 0.25) is 5.78 Å². The fourth-order valence-electron chi connectivity index (χ4n) is 2.32. The quantitative estimate of drug-likeness (QED) is 0.473. The van der Waals surface area contributed by atoms with Gasteiger partial charge in [0.15, 0.2) is 5.76 Å². The Kier molecular flexibility index (Phi) is 2.55. The Labute approximate surface area is 123 Å². The number of aryl methyl sites for hydroxylation is 1. The number of thiophene rings is 2. The lowest BCUT2D eigenvalue weighted by atomic mass is 10.1. The first-order valence-electron chi connectivity index (χ1n) is 6.23. The number of hydrogen-bond acceptors (Lipinski definition) is 4. The van der Waals surface area contributed by atoms with Crippen LogP contribution in [0.3, 0.4) is 0 Å². The first-order valence-corrected chi connectivity index (χ1v) is 7.93. The van der Waals surface area contributed by atoms with E-state index in [1.807, 2.05) is 48.7 Å². The van der Waals surface area contributed by atoms with Gasteiger partial charge in [-0.3, -0.25) is 4.79 Å². The van der Waals surface area contributed by atoms with Gasteiger partial charge in [-0.05, 0) is 36.1 Å². The topological polar surface area (TPSA) is 30.2 Å². The fourth-order valence-corrected chi connectivity index (χ4v) is 4.37. The van der Waals surface area contributed by atoms with Gasteiger partial charge in [-0.25, -0.2) is 0 Å². The lowest BCUT2D eigenvalue weighted by Gasteiger charge is -1.93. The molecule has 0 radical (unpaired) electrons. The van der Waals surface area contributed by atoms with Crippen molar-refractivity contribution >= 4 is 48.8 Å². The van der Waals surface area contributed by atoms with Gasteiger partial charge in [0.1, 0.15) is 5.58 Å². The van der Waals surface area contributed by atoms with E-state index in [-0.39, 0.29) is 5.78 Å². The van der Waals surface area contributed by atoms with E-state index in [1.165, 1.54) is 11.3 Å². The molecule has 0 spiro atoms. The molecule has 1 aromatic carbocycles. The Hall–Kier alpha value is -1.91. The second-order valence-electron chi connectivity index (χ2n) is 4.69. The molecule has 20 heavy (non-hydrogen) atoms. The van der Waals surface area contributed by atoms with Gasteiger partial charge in [-0.2, -0.15) is 0 Å². The van der Waals surface area contributed by atoms with Crippen LogP contribution in [0.5, 0.6) is 0 Å². The van der Waals surface area contributed by atoms with E-state index in [0.29, 0.717) is 5.76 Å². The van der Waals surface area contributed by atoms with Crippen LogP contribution in [0.2, 0.25) is 0 Å². The molecular formula is C16H10O2S2. The summed E-state index contributed by atoms with van der Waals surface area (Å²) in [5.74, 6) is 0.386. The van der Waals surface area contributed by atoms with Crippen LogP contribution in [0.4, 0.5) is 0 Å². The number of ketones is 1. The first kappa shape index (κ1) is 11.9. The highest BCUT2D eigenvalue weighted by atomic mass is 32.1. The van der Waals surface area contributed by atoms with Gasteiger partial charge in [-0.1, -0.05) is 18.2 Å². The number of fused-ring (bicyclic) bond motifs is 2. The normalized spacial score (nSPS) is 11.4. The summed E-state index contributed by atoms with van der Waals surface area (Å²) in [6, 6.07) is 11.8. The lowest BCUT2D eigenvalue weighted by Crippen LogP contribution is -1.95. The van der Waals surface area contributed by atoms with Crippen LogP contribution < -0.4 is 0 Å². The summed E-state index contributed by atoms with van der Waals surface area (Å²) < 4.78 is 8.06. The van der Waals surface area contributed by atoms with Crippen molar-refractivity contribution in [3.05, 3.63) is 58.0 Å². The Morgan fingerprint density at radius 1 is 1.15 bits per heavy atom. The highest BCUT2D eigenvalue weighted by Gasteiger charge is 2.18. The number of furan rings is 1. The molecule has 0 aliphatic rings. The van der Waals surface area contributed by atoms with Crippen LogP contribution >= 0.6 is 22.7 Å². The Morgan fingerprint density at radius 2 is 2.05 bits per heavy atom. The van der Waals surface area contributed by atoms with Crippen molar-refractivity contribution in [2.45, 2.75) is 6.92 Å². The second-order valence-corrected chi connectivity index (χ2v) is 6.72. The zero-order chi connectivity index (χ0) is 13.7. The third kappa shape index (κ3) is 1.72. The molecule has 0 bridgehead atoms.